The smallest absolute Gasteiger partial charge is 0.138 e. The zero-order valence-corrected chi connectivity index (χ0v) is 12.0. The van der Waals surface area contributed by atoms with Gasteiger partial charge in [0.25, 0.3) is 0 Å². The summed E-state index contributed by atoms with van der Waals surface area (Å²) < 4.78 is 14.4. The second-order valence-corrected chi connectivity index (χ2v) is 5.52. The lowest BCUT2D eigenvalue weighted by atomic mass is 10.0. The fourth-order valence-corrected chi connectivity index (χ4v) is 3.30. The first-order valence-electron chi connectivity index (χ1n) is 6.11. The van der Waals surface area contributed by atoms with Crippen molar-refractivity contribution in [1.29, 1.82) is 0 Å². The number of fused-ring (bicyclic) bond motifs is 2. The summed E-state index contributed by atoms with van der Waals surface area (Å²) in [6.07, 6.45) is 3.18. The Morgan fingerprint density at radius 1 is 1.39 bits per heavy atom. The third-order valence-corrected chi connectivity index (χ3v) is 4.40. The standard InChI is InChI=1S/C14H14BrFN2/c1-7-6-9(16)12(15)11-13(7)18-10-5-3-4-8(10)14(11)17-2/h6H,3-5H2,1-2H3,(H,17,18). The number of halogens is 2. The van der Waals surface area contributed by atoms with Gasteiger partial charge in [0.05, 0.1) is 9.99 Å². The van der Waals surface area contributed by atoms with E-state index in [2.05, 4.69) is 21.2 Å². The Kier molecular flexibility index (Phi) is 2.77. The summed E-state index contributed by atoms with van der Waals surface area (Å²) in [5.41, 5.74) is 5.22. The van der Waals surface area contributed by atoms with Gasteiger partial charge in [-0.25, -0.2) is 4.39 Å². The number of nitrogens with zero attached hydrogens (tertiary/aromatic N) is 1. The highest BCUT2D eigenvalue weighted by Gasteiger charge is 2.22. The fraction of sp³-hybridized carbons (Fsp3) is 0.357. The third-order valence-electron chi connectivity index (χ3n) is 3.62. The van der Waals surface area contributed by atoms with Crippen LogP contribution >= 0.6 is 15.9 Å². The van der Waals surface area contributed by atoms with Gasteiger partial charge in [-0.1, -0.05) is 0 Å². The first kappa shape index (κ1) is 11.9. The molecule has 0 unspecified atom stereocenters. The van der Waals surface area contributed by atoms with Crippen molar-refractivity contribution in [3.05, 3.63) is 33.2 Å². The number of benzene rings is 1. The molecule has 1 aromatic carbocycles. The van der Waals surface area contributed by atoms with Crippen LogP contribution in [0.3, 0.4) is 0 Å². The van der Waals surface area contributed by atoms with Gasteiger partial charge in [0.15, 0.2) is 0 Å². The van der Waals surface area contributed by atoms with Crippen LogP contribution in [0.25, 0.3) is 10.9 Å². The zero-order valence-electron chi connectivity index (χ0n) is 10.4. The minimum absolute atomic E-state index is 0.226. The molecule has 1 heterocycles. The van der Waals surface area contributed by atoms with Gasteiger partial charge in [0.1, 0.15) is 5.82 Å². The number of aryl methyl sites for hydroxylation is 2. The largest absolute Gasteiger partial charge is 0.387 e. The molecule has 18 heavy (non-hydrogen) atoms. The van der Waals surface area contributed by atoms with Crippen LogP contribution in [0.2, 0.25) is 0 Å². The number of hydrogen-bond acceptors (Lipinski definition) is 2. The molecular formula is C14H14BrFN2. The molecule has 4 heteroatoms. The lowest BCUT2D eigenvalue weighted by Crippen LogP contribution is -2.02. The summed E-state index contributed by atoms with van der Waals surface area (Å²) in [4.78, 5) is 4.73. The van der Waals surface area contributed by atoms with Crippen LogP contribution in [-0.2, 0) is 12.8 Å². The second kappa shape index (κ2) is 4.19. The van der Waals surface area contributed by atoms with Crippen molar-refractivity contribution in [2.75, 3.05) is 12.4 Å². The van der Waals surface area contributed by atoms with Gasteiger partial charge in [-0.2, -0.15) is 0 Å². The van der Waals surface area contributed by atoms with Crippen LogP contribution in [0.4, 0.5) is 10.1 Å². The van der Waals surface area contributed by atoms with E-state index in [1.54, 1.807) is 6.07 Å². The molecule has 0 saturated carbocycles. The molecule has 0 amide bonds. The molecule has 0 radical (unpaired) electrons. The molecule has 0 bridgehead atoms. The normalized spacial score (nSPS) is 14.0. The van der Waals surface area contributed by atoms with E-state index in [1.165, 1.54) is 5.56 Å². The summed E-state index contributed by atoms with van der Waals surface area (Å²) in [5, 5.41) is 4.10. The van der Waals surface area contributed by atoms with Gasteiger partial charge in [-0.15, -0.1) is 0 Å². The Hall–Kier alpha value is -1.16. The average Bonchev–Trinajstić information content (AvgIpc) is 2.81. The van der Waals surface area contributed by atoms with Crippen molar-refractivity contribution >= 4 is 32.5 Å². The lowest BCUT2D eigenvalue weighted by Gasteiger charge is -2.15. The summed E-state index contributed by atoms with van der Waals surface area (Å²) in [6.45, 7) is 1.91. The van der Waals surface area contributed by atoms with Crippen LogP contribution in [0.1, 0.15) is 23.2 Å². The molecule has 3 rings (SSSR count). The number of aromatic nitrogens is 1. The minimum Gasteiger partial charge on any atom is -0.387 e. The first-order valence-corrected chi connectivity index (χ1v) is 6.90. The van der Waals surface area contributed by atoms with Gasteiger partial charge < -0.3 is 5.32 Å². The Morgan fingerprint density at radius 3 is 2.89 bits per heavy atom. The molecule has 1 aliphatic carbocycles. The van der Waals surface area contributed by atoms with E-state index in [0.29, 0.717) is 4.47 Å². The van der Waals surface area contributed by atoms with Crippen molar-refractivity contribution < 1.29 is 4.39 Å². The van der Waals surface area contributed by atoms with Crippen molar-refractivity contribution in [1.82, 2.24) is 4.98 Å². The number of rotatable bonds is 1. The maximum atomic E-state index is 13.9. The third kappa shape index (κ3) is 1.55. The number of pyridine rings is 1. The van der Waals surface area contributed by atoms with Crippen molar-refractivity contribution in [2.24, 2.45) is 0 Å². The molecule has 2 aromatic rings. The van der Waals surface area contributed by atoms with Gasteiger partial charge in [0.2, 0.25) is 0 Å². The van der Waals surface area contributed by atoms with E-state index in [-0.39, 0.29) is 5.82 Å². The fourth-order valence-electron chi connectivity index (χ4n) is 2.80. The Bertz CT molecular complexity index is 652. The van der Waals surface area contributed by atoms with Gasteiger partial charge >= 0.3 is 0 Å². The Labute approximate surface area is 114 Å². The van der Waals surface area contributed by atoms with Crippen molar-refractivity contribution in [3.63, 3.8) is 0 Å². The minimum atomic E-state index is -0.226. The van der Waals surface area contributed by atoms with E-state index >= 15 is 0 Å². The first-order chi connectivity index (χ1) is 8.63. The molecule has 0 aliphatic heterocycles. The van der Waals surface area contributed by atoms with E-state index in [1.807, 2.05) is 14.0 Å². The molecular weight excluding hydrogens is 295 g/mol. The zero-order chi connectivity index (χ0) is 12.9. The highest BCUT2D eigenvalue weighted by atomic mass is 79.9. The number of nitrogens with one attached hydrogen (secondary N) is 1. The number of hydrogen-bond donors (Lipinski definition) is 1. The van der Waals surface area contributed by atoms with Crippen LogP contribution in [0.5, 0.6) is 0 Å². The number of anilines is 1. The van der Waals surface area contributed by atoms with Crippen LogP contribution < -0.4 is 5.32 Å². The van der Waals surface area contributed by atoms with Crippen molar-refractivity contribution in [3.8, 4) is 0 Å². The summed E-state index contributed by atoms with van der Waals surface area (Å²) >= 11 is 3.36. The SMILES string of the molecule is CNc1c2c(nc3c(C)cc(F)c(Br)c13)CCC2. The topological polar surface area (TPSA) is 24.9 Å². The van der Waals surface area contributed by atoms with Crippen LogP contribution in [0.15, 0.2) is 10.5 Å². The van der Waals surface area contributed by atoms with Crippen LogP contribution in [-0.4, -0.2) is 12.0 Å². The predicted molar refractivity (Wildman–Crippen MR) is 75.7 cm³/mol. The molecule has 0 fully saturated rings. The molecule has 1 aromatic heterocycles. The molecule has 1 aliphatic rings. The highest BCUT2D eigenvalue weighted by molar-refractivity contribution is 9.10. The molecule has 2 nitrogen and oxygen atoms in total. The monoisotopic (exact) mass is 308 g/mol. The van der Waals surface area contributed by atoms with E-state index in [0.717, 1.165) is 47.1 Å². The van der Waals surface area contributed by atoms with Crippen molar-refractivity contribution in [2.45, 2.75) is 26.2 Å². The molecule has 0 saturated heterocycles. The average molecular weight is 309 g/mol. The molecule has 94 valence electrons. The highest BCUT2D eigenvalue weighted by Crippen LogP contribution is 2.39. The maximum Gasteiger partial charge on any atom is 0.138 e. The maximum absolute atomic E-state index is 13.9. The predicted octanol–water partition coefficient (Wildman–Crippen LogP) is 3.98. The summed E-state index contributed by atoms with van der Waals surface area (Å²) in [7, 11) is 1.89. The lowest BCUT2D eigenvalue weighted by molar-refractivity contribution is 0.622. The summed E-state index contributed by atoms with van der Waals surface area (Å²) in [6, 6.07) is 1.54. The summed E-state index contributed by atoms with van der Waals surface area (Å²) in [5.74, 6) is -0.226. The van der Waals surface area contributed by atoms with Gasteiger partial charge in [-0.3, -0.25) is 4.98 Å². The second-order valence-electron chi connectivity index (χ2n) is 4.73. The molecule has 0 atom stereocenters. The Balaban J connectivity index is 2.51. The van der Waals surface area contributed by atoms with Crippen LogP contribution in [0, 0.1) is 12.7 Å². The van der Waals surface area contributed by atoms with E-state index < -0.39 is 0 Å². The quantitative estimate of drug-likeness (QED) is 0.862. The van der Waals surface area contributed by atoms with E-state index in [9.17, 15) is 4.39 Å². The molecule has 0 spiro atoms. The molecule has 1 N–H and O–H groups in total. The van der Waals surface area contributed by atoms with Gasteiger partial charge in [-0.05, 0) is 59.3 Å². The Morgan fingerprint density at radius 2 is 2.17 bits per heavy atom. The van der Waals surface area contributed by atoms with E-state index in [4.69, 9.17) is 4.98 Å². The van der Waals surface area contributed by atoms with Gasteiger partial charge in [0, 0.05) is 23.8 Å².